The second-order valence-electron chi connectivity index (χ2n) is 10.1. The maximum Gasteiger partial charge on any atom is 0.308 e. The van der Waals surface area contributed by atoms with Crippen LogP contribution < -0.4 is 5.32 Å². The van der Waals surface area contributed by atoms with Gasteiger partial charge in [0.05, 0.1) is 6.42 Å². The summed E-state index contributed by atoms with van der Waals surface area (Å²) in [5.74, 6) is -2.05. The number of carbonyl (C=O) groups excluding carboxylic acids is 2. The van der Waals surface area contributed by atoms with E-state index in [1.54, 1.807) is 0 Å². The molecule has 186 valence electrons. The zero-order valence-corrected chi connectivity index (χ0v) is 19.5. The van der Waals surface area contributed by atoms with Crippen molar-refractivity contribution >= 4 is 17.8 Å². The Labute approximate surface area is 193 Å². The van der Waals surface area contributed by atoms with E-state index < -0.39 is 35.9 Å². The van der Waals surface area contributed by atoms with Gasteiger partial charge in [-0.05, 0) is 44.4 Å². The lowest BCUT2D eigenvalue weighted by Crippen LogP contribution is -2.70. The Morgan fingerprint density at radius 1 is 1.06 bits per heavy atom. The van der Waals surface area contributed by atoms with Gasteiger partial charge in [-0.2, -0.15) is 0 Å². The summed E-state index contributed by atoms with van der Waals surface area (Å²) in [5, 5.41) is 11.2. The van der Waals surface area contributed by atoms with Crippen molar-refractivity contribution in [2.75, 3.05) is 6.54 Å². The Morgan fingerprint density at radius 2 is 1.85 bits per heavy atom. The van der Waals surface area contributed by atoms with Gasteiger partial charge in [0.1, 0.15) is 0 Å². The molecule has 8 atom stereocenters. The van der Waals surface area contributed by atoms with E-state index in [0.717, 1.165) is 19.3 Å². The summed E-state index contributed by atoms with van der Waals surface area (Å²) in [6, 6.07) is 0. The van der Waals surface area contributed by atoms with Crippen molar-refractivity contribution in [3.63, 3.8) is 0 Å². The zero-order valence-electron chi connectivity index (χ0n) is 19.5. The molecule has 10 nitrogen and oxygen atoms in total. The fourth-order valence-electron chi connectivity index (χ4n) is 5.97. The molecule has 2 N–H and O–H groups in total. The highest BCUT2D eigenvalue weighted by Crippen LogP contribution is 2.60. The lowest BCUT2D eigenvalue weighted by atomic mass is 9.58. The van der Waals surface area contributed by atoms with Crippen LogP contribution in [0.2, 0.25) is 0 Å². The number of aliphatic carboxylic acids is 1. The largest absolute Gasteiger partial charge is 0.481 e. The van der Waals surface area contributed by atoms with Gasteiger partial charge in [-0.25, -0.2) is 9.78 Å². The van der Waals surface area contributed by atoms with E-state index in [1.165, 1.54) is 0 Å². The van der Waals surface area contributed by atoms with Crippen LogP contribution in [0.5, 0.6) is 0 Å². The first-order valence-corrected chi connectivity index (χ1v) is 12.0. The number of rotatable bonds is 8. The number of amides is 1. The average Bonchev–Trinajstić information content (AvgIpc) is 2.99. The third kappa shape index (κ3) is 4.76. The van der Waals surface area contributed by atoms with E-state index >= 15 is 0 Å². The number of fused-ring (bicyclic) bond motifs is 2. The molecule has 1 saturated carbocycles. The number of ether oxygens (including phenoxy) is 3. The second kappa shape index (κ2) is 9.48. The first kappa shape index (κ1) is 24.4. The van der Waals surface area contributed by atoms with E-state index in [4.69, 9.17) is 29.1 Å². The van der Waals surface area contributed by atoms with Gasteiger partial charge in [-0.1, -0.05) is 13.8 Å². The van der Waals surface area contributed by atoms with Crippen LogP contribution in [0.4, 0.5) is 0 Å². The number of carbonyl (C=O) groups is 3. The van der Waals surface area contributed by atoms with Gasteiger partial charge in [-0.3, -0.25) is 14.4 Å². The third-order valence-electron chi connectivity index (χ3n) is 7.79. The Hall–Kier alpha value is -1.75. The van der Waals surface area contributed by atoms with E-state index in [-0.39, 0.29) is 49.5 Å². The predicted molar refractivity (Wildman–Crippen MR) is 112 cm³/mol. The Balaban J connectivity index is 1.35. The fourth-order valence-corrected chi connectivity index (χ4v) is 5.97. The van der Waals surface area contributed by atoms with Crippen LogP contribution in [0.15, 0.2) is 0 Å². The minimum absolute atomic E-state index is 0.0153. The molecule has 0 aromatic carbocycles. The monoisotopic (exact) mass is 469 g/mol. The van der Waals surface area contributed by atoms with Crippen molar-refractivity contribution in [1.82, 2.24) is 5.32 Å². The zero-order chi connectivity index (χ0) is 23.8. The molecule has 4 aliphatic heterocycles. The lowest BCUT2D eigenvalue weighted by Gasteiger charge is -2.59. The molecule has 33 heavy (non-hydrogen) atoms. The number of hydrogen-bond acceptors (Lipinski definition) is 8. The molecule has 4 heterocycles. The number of carboxylic acids is 1. The topological polar surface area (TPSA) is 130 Å². The van der Waals surface area contributed by atoms with Crippen LogP contribution in [-0.2, 0) is 38.4 Å². The molecule has 4 saturated heterocycles. The van der Waals surface area contributed by atoms with Crippen LogP contribution in [-0.4, -0.2) is 53.5 Å². The number of carboxylic acid groups (broad SMARTS) is 1. The molecule has 10 heteroatoms. The normalized spacial score (nSPS) is 41.5. The molecule has 5 rings (SSSR count). The first-order valence-electron chi connectivity index (χ1n) is 12.0. The van der Waals surface area contributed by atoms with Crippen molar-refractivity contribution in [2.24, 2.45) is 23.7 Å². The standard InChI is InChI=1S/C23H35NO9/c1-13-6-7-16-14(2)20(29-19(28)9-8-17(25)24-12-4-5-18(26)27)30-21-23(16)15(13)10-11-22(3,31-21)32-33-23/h13-16,20-21H,4-12H2,1-3H3,(H,24,25)(H,26,27)/t13-,14?,15+,16?,20?,21+,22?,23?/m1/s1. The van der Waals surface area contributed by atoms with Crippen molar-refractivity contribution in [3.8, 4) is 0 Å². The van der Waals surface area contributed by atoms with Crippen LogP contribution in [0.1, 0.15) is 72.1 Å². The molecule has 0 aromatic heterocycles. The van der Waals surface area contributed by atoms with Gasteiger partial charge in [-0.15, -0.1) is 0 Å². The van der Waals surface area contributed by atoms with Crippen LogP contribution in [0.25, 0.3) is 0 Å². The fraction of sp³-hybridized carbons (Fsp3) is 0.870. The summed E-state index contributed by atoms with van der Waals surface area (Å²) >= 11 is 0. The van der Waals surface area contributed by atoms with Crippen LogP contribution in [0, 0.1) is 23.7 Å². The molecule has 0 radical (unpaired) electrons. The van der Waals surface area contributed by atoms with E-state index in [2.05, 4.69) is 12.2 Å². The van der Waals surface area contributed by atoms with E-state index in [9.17, 15) is 14.4 Å². The maximum absolute atomic E-state index is 12.5. The van der Waals surface area contributed by atoms with Crippen molar-refractivity contribution in [3.05, 3.63) is 0 Å². The summed E-state index contributed by atoms with van der Waals surface area (Å²) in [7, 11) is 0. The molecule has 5 unspecified atom stereocenters. The maximum atomic E-state index is 12.5. The summed E-state index contributed by atoms with van der Waals surface area (Å²) in [5.41, 5.74) is -0.716. The molecule has 5 fully saturated rings. The van der Waals surface area contributed by atoms with Crippen molar-refractivity contribution in [1.29, 1.82) is 0 Å². The van der Waals surface area contributed by atoms with Crippen LogP contribution >= 0.6 is 0 Å². The first-order chi connectivity index (χ1) is 15.6. The number of nitrogens with one attached hydrogen (secondary N) is 1. The quantitative estimate of drug-likeness (QED) is 0.313. The molecule has 5 aliphatic rings. The van der Waals surface area contributed by atoms with Crippen molar-refractivity contribution in [2.45, 2.75) is 96.1 Å². The molecule has 1 amide bonds. The van der Waals surface area contributed by atoms with Gasteiger partial charge in [0.25, 0.3) is 0 Å². The van der Waals surface area contributed by atoms with Gasteiger partial charge in [0.2, 0.25) is 18.0 Å². The van der Waals surface area contributed by atoms with Crippen molar-refractivity contribution < 1.29 is 43.5 Å². The molecule has 0 aromatic rings. The highest BCUT2D eigenvalue weighted by Gasteiger charge is 2.69. The molecule has 2 bridgehead atoms. The summed E-state index contributed by atoms with van der Waals surface area (Å²) < 4.78 is 18.1. The smallest absolute Gasteiger partial charge is 0.308 e. The predicted octanol–water partition coefficient (Wildman–Crippen LogP) is 2.50. The Bertz CT molecular complexity index is 775. The van der Waals surface area contributed by atoms with Gasteiger partial charge in [0, 0.05) is 37.6 Å². The van der Waals surface area contributed by atoms with Crippen LogP contribution in [0.3, 0.4) is 0 Å². The highest BCUT2D eigenvalue weighted by molar-refractivity contribution is 5.81. The molecule has 1 spiro atoms. The Kier molecular flexibility index (Phi) is 7.00. The van der Waals surface area contributed by atoms with E-state index in [1.807, 2.05) is 13.8 Å². The number of hydrogen-bond donors (Lipinski definition) is 2. The summed E-state index contributed by atoms with van der Waals surface area (Å²) in [6.45, 7) is 6.33. The molecular formula is C23H35NO9. The lowest BCUT2D eigenvalue weighted by molar-refractivity contribution is -0.576. The minimum atomic E-state index is -0.910. The number of esters is 1. The highest BCUT2D eigenvalue weighted by atomic mass is 17.3. The third-order valence-corrected chi connectivity index (χ3v) is 7.79. The average molecular weight is 470 g/mol. The summed E-state index contributed by atoms with van der Waals surface area (Å²) in [6.07, 6.45) is 2.30. The van der Waals surface area contributed by atoms with E-state index in [0.29, 0.717) is 18.8 Å². The van der Waals surface area contributed by atoms with Gasteiger partial charge < -0.3 is 24.6 Å². The van der Waals surface area contributed by atoms with Gasteiger partial charge >= 0.3 is 11.9 Å². The van der Waals surface area contributed by atoms with Gasteiger partial charge in [0.15, 0.2) is 11.9 Å². The molecular weight excluding hydrogens is 434 g/mol. The SMILES string of the molecule is CC1C(OC(=O)CCC(=O)NCCCC(=O)O)O[C@H]2OC3(C)CC[C@H]4[C@H](C)CCC1C24OO3. The second-order valence-corrected chi connectivity index (χ2v) is 10.1. The molecule has 1 aliphatic carbocycles. The summed E-state index contributed by atoms with van der Waals surface area (Å²) in [4.78, 5) is 46.8. The Morgan fingerprint density at radius 3 is 2.61 bits per heavy atom. The minimum Gasteiger partial charge on any atom is -0.481 e.